The molecule has 0 bridgehead atoms. The van der Waals surface area contributed by atoms with Crippen LogP contribution in [0.2, 0.25) is 0 Å². The monoisotopic (exact) mass is 791 g/mol. The van der Waals surface area contributed by atoms with Crippen molar-refractivity contribution in [3.63, 3.8) is 0 Å². The van der Waals surface area contributed by atoms with Crippen LogP contribution in [-0.4, -0.2) is 108 Å². The van der Waals surface area contributed by atoms with Gasteiger partial charge in [-0.1, -0.05) is 12.1 Å². The third kappa shape index (κ3) is 6.46. The number of ether oxygens (including phenoxy) is 4. The number of hydrogen-bond donors (Lipinski definition) is 8. The minimum atomic E-state index is -4.41. The summed E-state index contributed by atoms with van der Waals surface area (Å²) in [6.45, 7) is -0.735. The summed E-state index contributed by atoms with van der Waals surface area (Å²) in [6.07, 6.45) is -2.71. The van der Waals surface area contributed by atoms with Crippen molar-refractivity contribution in [3.05, 3.63) is 95.1 Å². The molecule has 1 fully saturated rings. The van der Waals surface area contributed by atoms with Crippen molar-refractivity contribution in [2.45, 2.75) is 30.1 Å². The lowest BCUT2D eigenvalue weighted by atomic mass is 9.77. The quantitative estimate of drug-likeness (QED) is 0.0500. The number of imidazole rings is 1. The number of amides is 1. The van der Waals surface area contributed by atoms with E-state index in [0.717, 1.165) is 0 Å². The fourth-order valence-corrected chi connectivity index (χ4v) is 7.82. The Morgan fingerprint density at radius 2 is 1.68 bits per heavy atom. The number of aliphatic hydroxyl groups excluding tert-OH is 2. The van der Waals surface area contributed by atoms with Crippen LogP contribution in [0.15, 0.2) is 67.3 Å². The molecular weight excluding hydrogens is 757 g/mol. The minimum absolute atomic E-state index is 0.000619. The fourth-order valence-electron chi connectivity index (χ4n) is 7.00. The van der Waals surface area contributed by atoms with E-state index in [1.54, 1.807) is 24.3 Å². The van der Waals surface area contributed by atoms with Crippen molar-refractivity contribution in [1.29, 1.82) is 0 Å². The number of phenolic OH excluding ortho intramolecular Hbond substituents is 2. The number of carbonyl (C=O) groups excluding carboxylic acids is 2. The van der Waals surface area contributed by atoms with Crippen LogP contribution in [0.3, 0.4) is 0 Å². The first-order valence-corrected chi connectivity index (χ1v) is 18.7. The molecule has 3 aromatic carbocycles. The molecule has 1 spiro atoms. The average molecular weight is 792 g/mol. The van der Waals surface area contributed by atoms with Gasteiger partial charge in [-0.25, -0.2) is 29.4 Å². The number of hydrogen-bond acceptors (Lipinski definition) is 16. The smallest absolute Gasteiger partial charge is 0.403 e. The molecule has 56 heavy (non-hydrogen) atoms. The van der Waals surface area contributed by atoms with Crippen LogP contribution in [0.25, 0.3) is 11.2 Å². The van der Waals surface area contributed by atoms with Gasteiger partial charge >= 0.3 is 13.7 Å². The predicted molar refractivity (Wildman–Crippen MR) is 191 cm³/mol. The molecule has 9 N–H and O–H groups in total. The van der Waals surface area contributed by atoms with Gasteiger partial charge in [-0.05, 0) is 30.3 Å². The summed E-state index contributed by atoms with van der Waals surface area (Å²) in [5.74, 6) is -1.01. The summed E-state index contributed by atoms with van der Waals surface area (Å²) in [5.41, 5.74) is 6.08. The first-order chi connectivity index (χ1) is 26.9. The fraction of sp³-hybridized carbons (Fsp3) is 0.286. The van der Waals surface area contributed by atoms with Gasteiger partial charge in [0.1, 0.15) is 53.2 Å². The van der Waals surface area contributed by atoms with Crippen LogP contribution >= 0.6 is 7.75 Å². The topological polar surface area (TPSA) is 292 Å². The van der Waals surface area contributed by atoms with Crippen molar-refractivity contribution in [1.82, 2.24) is 29.9 Å². The maximum Gasteiger partial charge on any atom is 0.403 e. The first kappa shape index (κ1) is 37.2. The number of aromatic nitrogens is 4. The van der Waals surface area contributed by atoms with E-state index in [9.17, 15) is 39.5 Å². The molecule has 3 aliphatic heterocycles. The van der Waals surface area contributed by atoms with Crippen molar-refractivity contribution in [2.24, 2.45) is 0 Å². The zero-order chi connectivity index (χ0) is 39.4. The van der Waals surface area contributed by atoms with E-state index in [4.69, 9.17) is 29.2 Å². The van der Waals surface area contributed by atoms with Crippen LogP contribution in [0.4, 0.5) is 5.82 Å². The van der Waals surface area contributed by atoms with Crippen LogP contribution in [0.1, 0.15) is 43.6 Å². The van der Waals surface area contributed by atoms with E-state index in [-0.39, 0.29) is 77.4 Å². The Bertz CT molecular complexity index is 2360. The molecule has 0 aliphatic carbocycles. The van der Waals surface area contributed by atoms with Crippen LogP contribution in [-0.2, 0) is 28.9 Å². The number of aliphatic hydroxyl groups is 2. The normalized spacial score (nSPS) is 21.5. The molecular formula is C35H34N7O13P. The number of nitrogens with one attached hydrogen (secondary N) is 2. The summed E-state index contributed by atoms with van der Waals surface area (Å²) in [5, 5.41) is 46.5. The van der Waals surface area contributed by atoms with Gasteiger partial charge in [-0.3, -0.25) is 13.9 Å². The molecule has 0 radical (unpaired) electrons. The molecule has 21 heteroatoms. The van der Waals surface area contributed by atoms with E-state index in [1.807, 2.05) is 0 Å². The predicted octanol–water partition coefficient (Wildman–Crippen LogP) is 1.16. The molecule has 1 saturated heterocycles. The number of nitrogens with zero attached hydrogens (tertiary/aromatic N) is 4. The van der Waals surface area contributed by atoms with Crippen molar-refractivity contribution < 1.29 is 62.9 Å². The van der Waals surface area contributed by atoms with Gasteiger partial charge in [-0.2, -0.15) is 0 Å². The van der Waals surface area contributed by atoms with Crippen LogP contribution in [0, 0.1) is 0 Å². The largest absolute Gasteiger partial charge is 0.508 e. The second kappa shape index (κ2) is 14.4. The highest BCUT2D eigenvalue weighted by atomic mass is 31.2. The number of esters is 1. The Morgan fingerprint density at radius 1 is 0.964 bits per heavy atom. The Morgan fingerprint density at radius 3 is 2.41 bits per heavy atom. The zero-order valence-corrected chi connectivity index (χ0v) is 29.9. The lowest BCUT2D eigenvalue weighted by molar-refractivity contribution is -0.0487. The van der Waals surface area contributed by atoms with Gasteiger partial charge in [0.2, 0.25) is 0 Å². The van der Waals surface area contributed by atoms with Gasteiger partial charge < -0.3 is 55.3 Å². The van der Waals surface area contributed by atoms with Gasteiger partial charge in [0.15, 0.2) is 23.3 Å². The van der Waals surface area contributed by atoms with E-state index in [2.05, 4.69) is 25.4 Å². The minimum Gasteiger partial charge on any atom is -0.508 e. The number of benzene rings is 3. The highest BCUT2D eigenvalue weighted by Gasteiger charge is 2.54. The Kier molecular flexibility index (Phi) is 9.59. The third-order valence-electron chi connectivity index (χ3n) is 9.55. The molecule has 5 aromatic rings. The van der Waals surface area contributed by atoms with Gasteiger partial charge in [0.05, 0.1) is 37.3 Å². The lowest BCUT2D eigenvalue weighted by Crippen LogP contribution is -2.34. The molecule has 0 saturated carbocycles. The van der Waals surface area contributed by atoms with Gasteiger partial charge in [0.25, 0.3) is 5.91 Å². The molecule has 2 aromatic heterocycles. The lowest BCUT2D eigenvalue weighted by Gasteiger charge is -2.36. The molecule has 1 unspecified atom stereocenters. The second-order valence-electron chi connectivity index (χ2n) is 13.0. The average Bonchev–Trinajstić information content (AvgIpc) is 3.82. The highest BCUT2D eigenvalue weighted by Crippen LogP contribution is 2.57. The van der Waals surface area contributed by atoms with Crippen molar-refractivity contribution >= 4 is 36.6 Å². The van der Waals surface area contributed by atoms with E-state index in [1.165, 1.54) is 47.6 Å². The SMILES string of the molecule is Nc1ncnc2c1ncn2[C@@H]1O[C@H](COP(=O)(O)NCCOCCNC(=O)c2cccc3c2C(=O)OC32c3ccc(O)cc3Oc3cc(O)ccc32)[C@@H](O)[C@H]1O. The number of rotatable bonds is 12. The maximum atomic E-state index is 13.5. The van der Waals surface area contributed by atoms with E-state index < -0.39 is 56.4 Å². The van der Waals surface area contributed by atoms with Gasteiger partial charge in [-0.15, -0.1) is 0 Å². The summed E-state index contributed by atoms with van der Waals surface area (Å²) in [4.78, 5) is 49.3. The Hall–Kier alpha value is -5.70. The first-order valence-electron chi connectivity index (χ1n) is 17.1. The number of carbonyl (C=O) groups is 2. The Labute approximate surface area is 316 Å². The summed E-state index contributed by atoms with van der Waals surface area (Å²) in [7, 11) is -4.41. The molecule has 3 aliphatic rings. The number of nitrogen functional groups attached to an aromatic ring is 1. The third-order valence-corrected chi connectivity index (χ3v) is 10.7. The molecule has 292 valence electrons. The molecule has 8 rings (SSSR count). The van der Waals surface area contributed by atoms with Crippen LogP contribution < -0.4 is 20.9 Å². The summed E-state index contributed by atoms with van der Waals surface area (Å²) < 4.78 is 42.3. The number of fused-ring (bicyclic) bond motifs is 7. The van der Waals surface area contributed by atoms with Gasteiger partial charge in [0, 0.05) is 41.9 Å². The molecule has 5 heterocycles. The molecule has 1 amide bonds. The number of phenols is 2. The zero-order valence-electron chi connectivity index (χ0n) is 29.0. The second-order valence-corrected chi connectivity index (χ2v) is 14.6. The van der Waals surface area contributed by atoms with Crippen molar-refractivity contribution in [3.8, 4) is 23.0 Å². The summed E-state index contributed by atoms with van der Waals surface area (Å²) >= 11 is 0. The maximum absolute atomic E-state index is 13.5. The van der Waals surface area contributed by atoms with Crippen molar-refractivity contribution in [2.75, 3.05) is 38.6 Å². The number of aromatic hydroxyl groups is 2. The number of nitrogens with two attached hydrogens (primary N) is 1. The number of anilines is 1. The standard InChI is InChI=1S/C35H34N7O13P/c36-30-27-31(39-15-38-30)42(16-40-27)33-29(46)28(45)25(54-33)14-52-56(49,50)41-9-11-51-10-8-37-32(47)19-2-1-3-22-26(19)34(48)55-35(22)20-6-4-17(43)12-23(20)53-24-13-18(44)5-7-21(24)35/h1-7,12-13,15-16,25,28-29,33,43-46H,8-11,14H2,(H,37,47)(H2,36,38,39)(H2,41,49,50)/t25-,28-,29-,33-/m1/s1. The Balaban J connectivity index is 0.835. The highest BCUT2D eigenvalue weighted by molar-refractivity contribution is 7.50. The molecule has 20 nitrogen and oxygen atoms in total. The van der Waals surface area contributed by atoms with E-state index >= 15 is 0 Å². The van der Waals surface area contributed by atoms with E-state index in [0.29, 0.717) is 16.7 Å². The molecule has 5 atom stereocenters. The summed E-state index contributed by atoms with van der Waals surface area (Å²) in [6, 6.07) is 13.5. The van der Waals surface area contributed by atoms with Crippen LogP contribution in [0.5, 0.6) is 23.0 Å².